The predicted molar refractivity (Wildman–Crippen MR) is 73.7 cm³/mol. The predicted octanol–water partition coefficient (Wildman–Crippen LogP) is 4.16. The summed E-state index contributed by atoms with van der Waals surface area (Å²) in [6.07, 6.45) is 6.59. The Kier molecular flexibility index (Phi) is 5.94. The van der Waals surface area contributed by atoms with Crippen LogP contribution in [0.3, 0.4) is 0 Å². The van der Waals surface area contributed by atoms with E-state index in [1.807, 2.05) is 0 Å². The van der Waals surface area contributed by atoms with Gasteiger partial charge < -0.3 is 4.84 Å². The maximum atomic E-state index is 5.56. The van der Waals surface area contributed by atoms with Crippen LogP contribution in [0.5, 0.6) is 0 Å². The fourth-order valence-electron chi connectivity index (χ4n) is 2.62. The smallest absolute Gasteiger partial charge is 0.0705 e. The van der Waals surface area contributed by atoms with Crippen molar-refractivity contribution in [1.82, 2.24) is 5.48 Å². The molecule has 1 rings (SSSR count). The largest absolute Gasteiger partial charge is 0.301 e. The molecular weight excluding hydrogens is 210 g/mol. The molecule has 1 aliphatic carbocycles. The van der Waals surface area contributed by atoms with Gasteiger partial charge in [0, 0.05) is 6.04 Å². The molecule has 102 valence electrons. The molecule has 0 aromatic rings. The Bertz CT molecular complexity index is 207. The average Bonchev–Trinajstić information content (AvgIpc) is 2.41. The Balaban J connectivity index is 2.28. The second kappa shape index (κ2) is 6.75. The highest BCUT2D eigenvalue weighted by Gasteiger charge is 2.27. The fourth-order valence-corrected chi connectivity index (χ4v) is 2.62. The molecule has 2 atom stereocenters. The summed E-state index contributed by atoms with van der Waals surface area (Å²) in [5, 5.41) is 0. The van der Waals surface area contributed by atoms with Crippen LogP contribution in [0.4, 0.5) is 0 Å². The first-order valence-electron chi connectivity index (χ1n) is 7.27. The van der Waals surface area contributed by atoms with Gasteiger partial charge in [-0.25, -0.2) is 0 Å². The van der Waals surface area contributed by atoms with Gasteiger partial charge in [0.15, 0.2) is 0 Å². The van der Waals surface area contributed by atoms with Crippen molar-refractivity contribution >= 4 is 0 Å². The average molecular weight is 241 g/mol. The molecule has 0 spiro atoms. The van der Waals surface area contributed by atoms with Crippen LogP contribution in [-0.2, 0) is 4.84 Å². The van der Waals surface area contributed by atoms with Crippen LogP contribution in [0.1, 0.15) is 66.7 Å². The molecule has 1 fully saturated rings. The third-order valence-electron chi connectivity index (χ3n) is 3.86. The minimum atomic E-state index is 0.466. The molecule has 1 aliphatic rings. The molecule has 1 N–H and O–H groups in total. The van der Waals surface area contributed by atoms with Gasteiger partial charge in [0.05, 0.1) is 6.61 Å². The van der Waals surface area contributed by atoms with Crippen LogP contribution < -0.4 is 5.48 Å². The fraction of sp³-hybridized carbons (Fsp3) is 1.00. The van der Waals surface area contributed by atoms with Crippen LogP contribution in [0.25, 0.3) is 0 Å². The van der Waals surface area contributed by atoms with E-state index >= 15 is 0 Å². The molecule has 2 unspecified atom stereocenters. The summed E-state index contributed by atoms with van der Waals surface area (Å²) in [6.45, 7) is 12.3. The molecule has 0 aromatic carbocycles. The maximum Gasteiger partial charge on any atom is 0.0705 e. The minimum absolute atomic E-state index is 0.466. The third-order valence-corrected chi connectivity index (χ3v) is 3.86. The van der Waals surface area contributed by atoms with Gasteiger partial charge in [-0.2, -0.15) is 5.48 Å². The molecule has 0 heterocycles. The third kappa shape index (κ3) is 5.87. The first kappa shape index (κ1) is 15.0. The first-order chi connectivity index (χ1) is 7.89. The van der Waals surface area contributed by atoms with Gasteiger partial charge in [-0.15, -0.1) is 0 Å². The number of hydrogen-bond donors (Lipinski definition) is 1. The van der Waals surface area contributed by atoms with Crippen molar-refractivity contribution < 1.29 is 4.84 Å². The maximum absolute atomic E-state index is 5.56. The van der Waals surface area contributed by atoms with Gasteiger partial charge in [0.25, 0.3) is 0 Å². The second-order valence-corrected chi connectivity index (χ2v) is 7.09. The van der Waals surface area contributed by atoms with Crippen molar-refractivity contribution in [1.29, 1.82) is 0 Å². The minimum Gasteiger partial charge on any atom is -0.301 e. The highest BCUT2D eigenvalue weighted by molar-refractivity contribution is 4.80. The number of nitrogens with one attached hydrogen (secondary N) is 1. The summed E-state index contributed by atoms with van der Waals surface area (Å²) in [5.74, 6) is 1.48. The van der Waals surface area contributed by atoms with Crippen molar-refractivity contribution in [2.45, 2.75) is 72.8 Å². The SMILES string of the molecule is CC(C)CONC1CCCC(C(C)(C)C)CC1. The number of rotatable bonds is 4. The Morgan fingerprint density at radius 2 is 1.82 bits per heavy atom. The molecule has 1 saturated carbocycles. The van der Waals surface area contributed by atoms with E-state index in [4.69, 9.17) is 4.84 Å². The van der Waals surface area contributed by atoms with Crippen LogP contribution in [0.15, 0.2) is 0 Å². The molecule has 0 aliphatic heterocycles. The van der Waals surface area contributed by atoms with E-state index in [0.717, 1.165) is 12.5 Å². The van der Waals surface area contributed by atoms with Gasteiger partial charge in [0.1, 0.15) is 0 Å². The van der Waals surface area contributed by atoms with Gasteiger partial charge in [0.2, 0.25) is 0 Å². The van der Waals surface area contributed by atoms with Gasteiger partial charge in [-0.1, -0.05) is 41.0 Å². The van der Waals surface area contributed by atoms with Gasteiger partial charge >= 0.3 is 0 Å². The standard InChI is InChI=1S/C15H31NO/c1-12(2)11-17-16-14-8-6-7-13(9-10-14)15(3,4)5/h12-14,16H,6-11H2,1-5H3. The summed E-state index contributed by atoms with van der Waals surface area (Å²) in [4.78, 5) is 5.56. The van der Waals surface area contributed by atoms with E-state index < -0.39 is 0 Å². The first-order valence-corrected chi connectivity index (χ1v) is 7.27. The summed E-state index contributed by atoms with van der Waals surface area (Å²) < 4.78 is 0. The van der Waals surface area contributed by atoms with Crippen molar-refractivity contribution in [2.75, 3.05) is 6.61 Å². The summed E-state index contributed by atoms with van der Waals surface area (Å²) in [6, 6.07) is 0.570. The van der Waals surface area contributed by atoms with Gasteiger partial charge in [-0.05, 0) is 42.9 Å². The van der Waals surface area contributed by atoms with E-state index in [9.17, 15) is 0 Å². The van der Waals surface area contributed by atoms with Crippen molar-refractivity contribution in [2.24, 2.45) is 17.3 Å². The zero-order valence-electron chi connectivity index (χ0n) is 12.4. The van der Waals surface area contributed by atoms with Crippen LogP contribution in [0.2, 0.25) is 0 Å². The number of hydrogen-bond acceptors (Lipinski definition) is 2. The number of hydroxylamine groups is 1. The van der Waals surface area contributed by atoms with Crippen LogP contribution in [0, 0.1) is 17.3 Å². The molecule has 0 aromatic heterocycles. The van der Waals surface area contributed by atoms with Crippen molar-refractivity contribution in [3.63, 3.8) is 0 Å². The zero-order chi connectivity index (χ0) is 12.9. The quantitative estimate of drug-likeness (QED) is 0.589. The lowest BCUT2D eigenvalue weighted by Crippen LogP contribution is -2.30. The highest BCUT2D eigenvalue weighted by atomic mass is 16.6. The van der Waals surface area contributed by atoms with E-state index in [2.05, 4.69) is 40.1 Å². The summed E-state index contributed by atoms with van der Waals surface area (Å²) in [5.41, 5.74) is 3.73. The molecule has 0 saturated heterocycles. The van der Waals surface area contributed by atoms with Gasteiger partial charge in [-0.3, -0.25) is 0 Å². The van der Waals surface area contributed by atoms with E-state index in [-0.39, 0.29) is 0 Å². The molecule has 0 bridgehead atoms. The van der Waals surface area contributed by atoms with Crippen LogP contribution in [-0.4, -0.2) is 12.6 Å². The lowest BCUT2D eigenvalue weighted by molar-refractivity contribution is -0.00274. The highest BCUT2D eigenvalue weighted by Crippen LogP contribution is 2.36. The van der Waals surface area contributed by atoms with E-state index in [1.54, 1.807) is 0 Å². The zero-order valence-corrected chi connectivity index (χ0v) is 12.4. The van der Waals surface area contributed by atoms with Crippen molar-refractivity contribution in [3.05, 3.63) is 0 Å². The second-order valence-electron chi connectivity index (χ2n) is 7.09. The lowest BCUT2D eigenvalue weighted by Gasteiger charge is -2.29. The normalized spacial score (nSPS) is 27.2. The van der Waals surface area contributed by atoms with E-state index in [1.165, 1.54) is 32.1 Å². The Morgan fingerprint density at radius 3 is 2.41 bits per heavy atom. The lowest BCUT2D eigenvalue weighted by atomic mass is 9.76. The molecule has 2 nitrogen and oxygen atoms in total. The molecule has 2 heteroatoms. The monoisotopic (exact) mass is 241 g/mol. The molecule has 17 heavy (non-hydrogen) atoms. The van der Waals surface area contributed by atoms with Crippen molar-refractivity contribution in [3.8, 4) is 0 Å². The topological polar surface area (TPSA) is 21.3 Å². The molecule has 0 amide bonds. The van der Waals surface area contributed by atoms with Crippen LogP contribution >= 0.6 is 0 Å². The molecule has 0 radical (unpaired) electrons. The molecular formula is C15H31NO. The Hall–Kier alpha value is -0.0800. The van der Waals surface area contributed by atoms with E-state index in [0.29, 0.717) is 17.4 Å². The Labute approximate surface area is 107 Å². The summed E-state index contributed by atoms with van der Waals surface area (Å²) >= 11 is 0. The Morgan fingerprint density at radius 1 is 1.12 bits per heavy atom. The summed E-state index contributed by atoms with van der Waals surface area (Å²) in [7, 11) is 0.